The molecule has 0 saturated heterocycles. The maximum atomic E-state index is 6.18. The van der Waals surface area contributed by atoms with E-state index in [2.05, 4.69) is 11.9 Å². The summed E-state index contributed by atoms with van der Waals surface area (Å²) in [5, 5.41) is 0. The summed E-state index contributed by atoms with van der Waals surface area (Å²) in [6.45, 7) is 0.889. The Bertz CT molecular complexity index is 295. The maximum absolute atomic E-state index is 6.18. The fraction of sp³-hybridized carbons (Fsp3) is 1.00. The van der Waals surface area contributed by atoms with Crippen molar-refractivity contribution in [2.45, 2.75) is 57.0 Å². The van der Waals surface area contributed by atoms with Crippen molar-refractivity contribution in [2.24, 2.45) is 35.3 Å². The van der Waals surface area contributed by atoms with Gasteiger partial charge in [-0.15, -0.1) is 0 Å². The molecule has 0 aromatic heterocycles. The van der Waals surface area contributed by atoms with Crippen molar-refractivity contribution in [3.05, 3.63) is 0 Å². The van der Waals surface area contributed by atoms with Crippen molar-refractivity contribution in [3.63, 3.8) is 0 Å². The third kappa shape index (κ3) is 1.76. The quantitative estimate of drug-likeness (QED) is 0.828. The van der Waals surface area contributed by atoms with Crippen LogP contribution in [0.5, 0.6) is 0 Å². The number of nitrogens with zero attached hydrogens (tertiary/aromatic N) is 1. The highest BCUT2D eigenvalue weighted by Crippen LogP contribution is 2.58. The Kier molecular flexibility index (Phi) is 2.74. The van der Waals surface area contributed by atoms with Gasteiger partial charge in [0.15, 0.2) is 0 Å². The molecule has 2 N–H and O–H groups in total. The molecule has 5 fully saturated rings. The SMILES string of the molecule is CN(C1CC1)C(CN)C1C2CC3CC(C2)CC1C3. The lowest BCUT2D eigenvalue weighted by Gasteiger charge is -2.57. The van der Waals surface area contributed by atoms with Gasteiger partial charge in [0.25, 0.3) is 0 Å². The third-order valence-corrected chi connectivity index (χ3v) is 6.63. The molecule has 5 aliphatic rings. The van der Waals surface area contributed by atoms with Crippen LogP contribution in [-0.4, -0.2) is 30.6 Å². The van der Waals surface area contributed by atoms with Crippen molar-refractivity contribution >= 4 is 0 Å². The Morgan fingerprint density at radius 3 is 2.00 bits per heavy atom. The van der Waals surface area contributed by atoms with Crippen LogP contribution in [-0.2, 0) is 0 Å². The van der Waals surface area contributed by atoms with E-state index in [-0.39, 0.29) is 0 Å². The lowest BCUT2D eigenvalue weighted by molar-refractivity contribution is -0.0698. The lowest BCUT2D eigenvalue weighted by Crippen LogP contribution is -2.56. The van der Waals surface area contributed by atoms with Crippen molar-refractivity contribution in [3.8, 4) is 0 Å². The van der Waals surface area contributed by atoms with E-state index < -0.39 is 0 Å². The highest BCUT2D eigenvalue weighted by atomic mass is 15.2. The minimum Gasteiger partial charge on any atom is -0.329 e. The van der Waals surface area contributed by atoms with E-state index in [1.807, 2.05) is 0 Å². The van der Waals surface area contributed by atoms with Crippen molar-refractivity contribution in [1.82, 2.24) is 4.90 Å². The molecule has 0 aromatic rings. The van der Waals surface area contributed by atoms with E-state index in [4.69, 9.17) is 5.73 Å². The van der Waals surface area contributed by atoms with Crippen LogP contribution in [0, 0.1) is 29.6 Å². The summed E-state index contributed by atoms with van der Waals surface area (Å²) in [5.41, 5.74) is 6.18. The third-order valence-electron chi connectivity index (χ3n) is 6.63. The second kappa shape index (κ2) is 4.21. The Balaban J connectivity index is 1.55. The van der Waals surface area contributed by atoms with Gasteiger partial charge in [0.05, 0.1) is 0 Å². The van der Waals surface area contributed by atoms with Crippen LogP contribution in [0.4, 0.5) is 0 Å². The molecule has 4 bridgehead atoms. The van der Waals surface area contributed by atoms with Crippen LogP contribution in [0.3, 0.4) is 0 Å². The van der Waals surface area contributed by atoms with Crippen molar-refractivity contribution < 1.29 is 0 Å². The van der Waals surface area contributed by atoms with E-state index >= 15 is 0 Å². The molecule has 5 aliphatic carbocycles. The molecule has 0 spiro atoms. The van der Waals surface area contributed by atoms with Gasteiger partial charge < -0.3 is 5.73 Å². The minimum atomic E-state index is 0.687. The molecule has 18 heavy (non-hydrogen) atoms. The summed E-state index contributed by atoms with van der Waals surface area (Å²) in [4.78, 5) is 2.66. The van der Waals surface area contributed by atoms with Crippen LogP contribution in [0.25, 0.3) is 0 Å². The van der Waals surface area contributed by atoms with Crippen molar-refractivity contribution in [2.75, 3.05) is 13.6 Å². The summed E-state index contributed by atoms with van der Waals surface area (Å²) in [7, 11) is 2.35. The molecule has 0 radical (unpaired) electrons. The van der Waals surface area contributed by atoms with Crippen LogP contribution >= 0.6 is 0 Å². The molecule has 0 aliphatic heterocycles. The summed E-state index contributed by atoms with van der Waals surface area (Å²) in [5.74, 6) is 5.17. The Morgan fingerprint density at radius 2 is 1.56 bits per heavy atom. The molecule has 102 valence electrons. The molecule has 1 unspecified atom stereocenters. The number of nitrogens with two attached hydrogens (primary N) is 1. The van der Waals surface area contributed by atoms with Gasteiger partial charge in [-0.05, 0) is 81.6 Å². The summed E-state index contributed by atoms with van der Waals surface area (Å²) < 4.78 is 0. The highest BCUT2D eigenvalue weighted by molar-refractivity contribution is 5.03. The fourth-order valence-electron chi connectivity index (χ4n) is 5.94. The minimum absolute atomic E-state index is 0.687. The molecule has 0 amide bonds. The molecule has 0 heterocycles. The zero-order valence-electron chi connectivity index (χ0n) is 11.7. The zero-order chi connectivity index (χ0) is 12.3. The topological polar surface area (TPSA) is 29.3 Å². The number of hydrogen-bond donors (Lipinski definition) is 1. The first kappa shape index (κ1) is 11.7. The first-order valence-electron chi connectivity index (χ1n) is 8.18. The van der Waals surface area contributed by atoms with Gasteiger partial charge in [-0.3, -0.25) is 4.90 Å². The summed E-state index contributed by atoms with van der Waals surface area (Å²) in [6, 6.07) is 1.56. The molecular formula is C16H28N2. The second-order valence-corrected chi connectivity index (χ2v) is 7.71. The highest BCUT2D eigenvalue weighted by Gasteiger charge is 2.51. The predicted octanol–water partition coefficient (Wildman–Crippen LogP) is 2.48. The van der Waals surface area contributed by atoms with E-state index in [1.54, 1.807) is 6.42 Å². The van der Waals surface area contributed by atoms with Crippen LogP contribution in [0.2, 0.25) is 0 Å². The smallest absolute Gasteiger partial charge is 0.0251 e. The molecule has 2 heteroatoms. The predicted molar refractivity (Wildman–Crippen MR) is 74.2 cm³/mol. The van der Waals surface area contributed by atoms with E-state index in [0.29, 0.717) is 6.04 Å². The molecular weight excluding hydrogens is 220 g/mol. The normalized spacial score (nSPS) is 47.8. The average molecular weight is 248 g/mol. The van der Waals surface area contributed by atoms with Gasteiger partial charge in [-0.25, -0.2) is 0 Å². The summed E-state index contributed by atoms with van der Waals surface area (Å²) >= 11 is 0. The van der Waals surface area contributed by atoms with E-state index in [0.717, 1.165) is 42.2 Å². The second-order valence-electron chi connectivity index (χ2n) is 7.71. The molecule has 2 nitrogen and oxygen atoms in total. The van der Waals surface area contributed by atoms with Crippen LogP contribution < -0.4 is 5.73 Å². The van der Waals surface area contributed by atoms with E-state index in [9.17, 15) is 0 Å². The fourth-order valence-corrected chi connectivity index (χ4v) is 5.94. The number of likely N-dealkylation sites (N-methyl/N-ethyl adjacent to an activating group) is 1. The Morgan fingerprint density at radius 1 is 1.00 bits per heavy atom. The van der Waals surface area contributed by atoms with Crippen LogP contribution in [0.15, 0.2) is 0 Å². The monoisotopic (exact) mass is 248 g/mol. The molecule has 1 atom stereocenters. The van der Waals surface area contributed by atoms with Gasteiger partial charge in [-0.1, -0.05) is 0 Å². The number of rotatable bonds is 4. The first-order chi connectivity index (χ1) is 8.76. The average Bonchev–Trinajstić information content (AvgIpc) is 3.16. The first-order valence-corrected chi connectivity index (χ1v) is 8.18. The standard InChI is InChI=1S/C16H28N2/c1-18(14-2-3-14)15(9-17)16-12-5-10-4-11(7-12)8-13(16)6-10/h10-16H,2-9,17H2,1H3. The van der Waals surface area contributed by atoms with E-state index in [1.165, 1.54) is 38.5 Å². The van der Waals surface area contributed by atoms with Gasteiger partial charge in [-0.2, -0.15) is 0 Å². The van der Waals surface area contributed by atoms with Gasteiger partial charge in [0, 0.05) is 18.6 Å². The van der Waals surface area contributed by atoms with Crippen LogP contribution in [0.1, 0.15) is 44.9 Å². The van der Waals surface area contributed by atoms with Crippen molar-refractivity contribution in [1.29, 1.82) is 0 Å². The summed E-state index contributed by atoms with van der Waals surface area (Å²) in [6.07, 6.45) is 10.5. The Hall–Kier alpha value is -0.0800. The van der Waals surface area contributed by atoms with Gasteiger partial charge in [0.2, 0.25) is 0 Å². The lowest BCUT2D eigenvalue weighted by atomic mass is 9.50. The molecule has 5 saturated carbocycles. The maximum Gasteiger partial charge on any atom is 0.0251 e. The van der Waals surface area contributed by atoms with Gasteiger partial charge >= 0.3 is 0 Å². The Labute approximate surface area is 111 Å². The molecule has 0 aromatic carbocycles. The van der Waals surface area contributed by atoms with Gasteiger partial charge in [0.1, 0.15) is 0 Å². The number of hydrogen-bond acceptors (Lipinski definition) is 2. The molecule has 5 rings (SSSR count). The zero-order valence-corrected chi connectivity index (χ0v) is 11.7. The largest absolute Gasteiger partial charge is 0.329 e.